The summed E-state index contributed by atoms with van der Waals surface area (Å²) in [5.74, 6) is -1.47. The Morgan fingerprint density at radius 1 is 1.15 bits per heavy atom. The Balaban J connectivity index is 1.61. The molecule has 1 aromatic heterocycles. The Labute approximate surface area is 197 Å². The van der Waals surface area contributed by atoms with E-state index in [0.29, 0.717) is 23.4 Å². The van der Waals surface area contributed by atoms with E-state index in [0.717, 1.165) is 59.0 Å². The molecule has 2 aromatic rings. The molecule has 1 unspecified atom stereocenters. The molecule has 2 heterocycles. The van der Waals surface area contributed by atoms with E-state index in [9.17, 15) is 22.4 Å². The third kappa shape index (κ3) is 4.83. The van der Waals surface area contributed by atoms with Gasteiger partial charge in [0.1, 0.15) is 16.9 Å². The maximum absolute atomic E-state index is 13.3. The van der Waals surface area contributed by atoms with Crippen molar-refractivity contribution in [3.8, 4) is 0 Å². The Bertz CT molecular complexity index is 1140. The van der Waals surface area contributed by atoms with Gasteiger partial charge >= 0.3 is 5.97 Å². The van der Waals surface area contributed by atoms with Crippen molar-refractivity contribution < 1.29 is 27.1 Å². The molecule has 1 amide bonds. The number of sulfonamides is 1. The number of aryl methyl sites for hydroxylation is 1. The number of nitrogens with zero attached hydrogens (tertiary/aromatic N) is 1. The first-order valence-corrected chi connectivity index (χ1v) is 13.5. The Morgan fingerprint density at radius 2 is 1.88 bits per heavy atom. The second-order valence-corrected chi connectivity index (χ2v) is 11.2. The lowest BCUT2D eigenvalue weighted by Crippen LogP contribution is -2.43. The zero-order chi connectivity index (χ0) is 23.6. The molecule has 0 spiro atoms. The molecule has 1 aliphatic heterocycles. The summed E-state index contributed by atoms with van der Waals surface area (Å²) in [6, 6.07) is 3.67. The number of carbonyl (C=O) groups is 2. The first-order valence-electron chi connectivity index (χ1n) is 11.2. The zero-order valence-electron chi connectivity index (χ0n) is 18.4. The summed E-state index contributed by atoms with van der Waals surface area (Å²) in [4.78, 5) is 27.0. The summed E-state index contributed by atoms with van der Waals surface area (Å²) >= 11 is 1.38. The summed E-state index contributed by atoms with van der Waals surface area (Å²) in [6.07, 6.45) is 5.58. The molecular formula is C23H27FN2O5S2. The van der Waals surface area contributed by atoms with Crippen molar-refractivity contribution in [3.05, 3.63) is 46.1 Å². The molecule has 7 nitrogen and oxygen atoms in total. The van der Waals surface area contributed by atoms with E-state index in [-0.39, 0.29) is 18.0 Å². The van der Waals surface area contributed by atoms with Crippen LogP contribution in [0.3, 0.4) is 0 Å². The van der Waals surface area contributed by atoms with Crippen molar-refractivity contribution in [1.82, 2.24) is 4.31 Å². The molecule has 1 N–H and O–H groups in total. The monoisotopic (exact) mass is 494 g/mol. The number of nitrogens with one attached hydrogen (secondary N) is 1. The number of amides is 1. The van der Waals surface area contributed by atoms with E-state index in [4.69, 9.17) is 4.74 Å². The second kappa shape index (κ2) is 9.90. The van der Waals surface area contributed by atoms with Crippen LogP contribution in [0.15, 0.2) is 29.2 Å². The molecule has 33 heavy (non-hydrogen) atoms. The summed E-state index contributed by atoms with van der Waals surface area (Å²) in [6.45, 7) is 2.16. The highest BCUT2D eigenvalue weighted by molar-refractivity contribution is 7.89. The minimum absolute atomic E-state index is 0.0568. The van der Waals surface area contributed by atoms with Gasteiger partial charge in [-0.3, -0.25) is 4.79 Å². The highest BCUT2D eigenvalue weighted by atomic mass is 32.2. The molecule has 0 bridgehead atoms. The number of carbonyl (C=O) groups excluding carboxylic acids is 2. The van der Waals surface area contributed by atoms with Gasteiger partial charge in [0.2, 0.25) is 15.9 Å². The van der Waals surface area contributed by atoms with E-state index >= 15 is 0 Å². The maximum Gasteiger partial charge on any atom is 0.341 e. The topological polar surface area (TPSA) is 92.8 Å². The van der Waals surface area contributed by atoms with Crippen LogP contribution in [0.4, 0.5) is 9.39 Å². The molecule has 178 valence electrons. The molecule has 4 rings (SSSR count). The molecule has 1 atom stereocenters. The first kappa shape index (κ1) is 23.8. The van der Waals surface area contributed by atoms with Crippen LogP contribution in [0, 0.1) is 5.82 Å². The SMILES string of the molecule is CCOC(=O)c1c(NC(=O)C2CCCN2S(=O)(=O)c2ccc(F)cc2)sc2c1CCCCC2. The highest BCUT2D eigenvalue weighted by Gasteiger charge is 2.40. The van der Waals surface area contributed by atoms with Crippen molar-refractivity contribution in [2.24, 2.45) is 0 Å². The number of esters is 1. The van der Waals surface area contributed by atoms with Crippen LogP contribution >= 0.6 is 11.3 Å². The number of hydrogen-bond donors (Lipinski definition) is 1. The minimum Gasteiger partial charge on any atom is -0.462 e. The van der Waals surface area contributed by atoms with Gasteiger partial charge in [-0.05, 0) is 75.3 Å². The van der Waals surface area contributed by atoms with Crippen molar-refractivity contribution in [2.45, 2.75) is 62.8 Å². The summed E-state index contributed by atoms with van der Waals surface area (Å²) in [7, 11) is -3.97. The molecule has 1 aliphatic carbocycles. The quantitative estimate of drug-likeness (QED) is 0.482. The molecular weight excluding hydrogens is 467 g/mol. The Hall–Kier alpha value is -2.30. The molecule has 10 heteroatoms. The molecule has 1 fully saturated rings. The lowest BCUT2D eigenvalue weighted by Gasteiger charge is -2.23. The average molecular weight is 495 g/mol. The van der Waals surface area contributed by atoms with Gasteiger partial charge in [-0.2, -0.15) is 4.31 Å². The van der Waals surface area contributed by atoms with Crippen LogP contribution in [0.2, 0.25) is 0 Å². The zero-order valence-corrected chi connectivity index (χ0v) is 20.1. The predicted molar refractivity (Wildman–Crippen MR) is 123 cm³/mol. The fourth-order valence-electron chi connectivity index (χ4n) is 4.48. The third-order valence-corrected chi connectivity index (χ3v) is 9.19. The van der Waals surface area contributed by atoms with Gasteiger partial charge in [0, 0.05) is 11.4 Å². The van der Waals surface area contributed by atoms with Gasteiger partial charge in [-0.15, -0.1) is 11.3 Å². The minimum atomic E-state index is -3.97. The van der Waals surface area contributed by atoms with Crippen LogP contribution in [0.1, 0.15) is 59.8 Å². The van der Waals surface area contributed by atoms with Gasteiger partial charge in [-0.25, -0.2) is 17.6 Å². The van der Waals surface area contributed by atoms with Crippen LogP contribution in [-0.4, -0.2) is 43.8 Å². The average Bonchev–Trinajstić information content (AvgIpc) is 3.34. The van der Waals surface area contributed by atoms with Gasteiger partial charge in [-0.1, -0.05) is 6.42 Å². The van der Waals surface area contributed by atoms with Crippen molar-refractivity contribution in [2.75, 3.05) is 18.5 Å². The van der Waals surface area contributed by atoms with Gasteiger partial charge in [0.05, 0.1) is 17.1 Å². The number of rotatable bonds is 6. The first-order chi connectivity index (χ1) is 15.8. The fraction of sp³-hybridized carbons (Fsp3) is 0.478. The van der Waals surface area contributed by atoms with Crippen molar-refractivity contribution in [1.29, 1.82) is 0 Å². The molecule has 1 aromatic carbocycles. The van der Waals surface area contributed by atoms with Crippen LogP contribution in [-0.2, 0) is 32.4 Å². The Kier molecular flexibility index (Phi) is 7.16. The van der Waals surface area contributed by atoms with Gasteiger partial charge in [0.25, 0.3) is 0 Å². The standard InChI is InChI=1S/C23H27FN2O5S2/c1-2-31-23(28)20-17-7-4-3-5-9-19(17)32-22(20)25-21(27)18-8-6-14-26(18)33(29,30)16-12-10-15(24)11-13-16/h10-13,18H,2-9,14H2,1H3,(H,25,27). The van der Waals surface area contributed by atoms with Crippen LogP contribution in [0.25, 0.3) is 0 Å². The van der Waals surface area contributed by atoms with E-state index in [1.165, 1.54) is 23.5 Å². The number of fused-ring (bicyclic) bond motifs is 1. The summed E-state index contributed by atoms with van der Waals surface area (Å²) in [5, 5.41) is 3.27. The number of benzene rings is 1. The van der Waals surface area contributed by atoms with Crippen LogP contribution < -0.4 is 5.32 Å². The number of halogens is 1. The van der Waals surface area contributed by atoms with E-state index in [1.54, 1.807) is 6.92 Å². The van der Waals surface area contributed by atoms with Crippen LogP contribution in [0.5, 0.6) is 0 Å². The smallest absolute Gasteiger partial charge is 0.341 e. The lowest BCUT2D eigenvalue weighted by atomic mass is 10.1. The maximum atomic E-state index is 13.3. The molecule has 1 saturated heterocycles. The van der Waals surface area contributed by atoms with E-state index < -0.39 is 33.8 Å². The highest BCUT2D eigenvalue weighted by Crippen LogP contribution is 2.38. The molecule has 0 saturated carbocycles. The van der Waals surface area contributed by atoms with Gasteiger partial charge < -0.3 is 10.1 Å². The summed E-state index contributed by atoms with van der Waals surface area (Å²) in [5.41, 5.74) is 1.34. The fourth-order valence-corrected chi connectivity index (χ4v) is 7.41. The second-order valence-electron chi connectivity index (χ2n) is 8.21. The van der Waals surface area contributed by atoms with Crippen molar-refractivity contribution in [3.63, 3.8) is 0 Å². The normalized spacial score (nSPS) is 19.0. The summed E-state index contributed by atoms with van der Waals surface area (Å²) < 4.78 is 45.9. The number of hydrogen-bond acceptors (Lipinski definition) is 6. The Morgan fingerprint density at radius 3 is 2.61 bits per heavy atom. The van der Waals surface area contributed by atoms with Crippen molar-refractivity contribution >= 4 is 38.2 Å². The number of anilines is 1. The molecule has 0 radical (unpaired) electrons. The third-order valence-electron chi connectivity index (χ3n) is 6.06. The molecule has 2 aliphatic rings. The van der Waals surface area contributed by atoms with E-state index in [2.05, 4.69) is 5.32 Å². The van der Waals surface area contributed by atoms with E-state index in [1.807, 2.05) is 0 Å². The number of thiophene rings is 1. The predicted octanol–water partition coefficient (Wildman–Crippen LogP) is 4.12. The number of ether oxygens (including phenoxy) is 1. The lowest BCUT2D eigenvalue weighted by molar-refractivity contribution is -0.119. The largest absolute Gasteiger partial charge is 0.462 e. The van der Waals surface area contributed by atoms with Gasteiger partial charge in [0.15, 0.2) is 0 Å².